The van der Waals surface area contributed by atoms with E-state index in [4.69, 9.17) is 4.74 Å². The third-order valence-electron chi connectivity index (χ3n) is 5.95. The summed E-state index contributed by atoms with van der Waals surface area (Å²) in [5, 5.41) is 2.97. The highest BCUT2D eigenvalue weighted by Crippen LogP contribution is 2.36. The third kappa shape index (κ3) is 4.97. The van der Waals surface area contributed by atoms with E-state index < -0.39 is 10.0 Å². The van der Waals surface area contributed by atoms with Gasteiger partial charge in [0.05, 0.1) is 0 Å². The summed E-state index contributed by atoms with van der Waals surface area (Å²) < 4.78 is 33.6. The number of carbonyl (C=O) groups excluding carboxylic acids is 1. The van der Waals surface area contributed by atoms with Crippen molar-refractivity contribution in [2.75, 3.05) is 26.2 Å². The molecule has 2 aliphatic heterocycles. The van der Waals surface area contributed by atoms with E-state index in [1.165, 1.54) is 10.5 Å². The number of carbonyl (C=O) groups is 1. The summed E-state index contributed by atoms with van der Waals surface area (Å²) in [5.74, 6) is 0.509. The van der Waals surface area contributed by atoms with Crippen molar-refractivity contribution >= 4 is 15.9 Å². The molecule has 2 aromatic rings. The van der Waals surface area contributed by atoms with Gasteiger partial charge >= 0.3 is 0 Å². The van der Waals surface area contributed by atoms with Crippen molar-refractivity contribution in [2.45, 2.75) is 30.6 Å². The van der Waals surface area contributed by atoms with Gasteiger partial charge in [0.2, 0.25) is 10.0 Å². The number of ether oxygens (including phenoxy) is 1. The lowest BCUT2D eigenvalue weighted by Crippen LogP contribution is -2.51. The van der Waals surface area contributed by atoms with E-state index in [0.717, 1.165) is 18.4 Å². The second kappa shape index (κ2) is 9.20. The second-order valence-electron chi connectivity index (χ2n) is 8.18. The minimum atomic E-state index is -3.63. The summed E-state index contributed by atoms with van der Waals surface area (Å²) in [6.07, 6.45) is 10.1. The van der Waals surface area contributed by atoms with Gasteiger partial charge in [0.25, 0.3) is 5.91 Å². The van der Waals surface area contributed by atoms with Gasteiger partial charge in [-0.25, -0.2) is 8.42 Å². The van der Waals surface area contributed by atoms with Crippen LogP contribution in [0.15, 0.2) is 65.8 Å². The zero-order chi connectivity index (χ0) is 21.7. The molecule has 1 spiro atoms. The van der Waals surface area contributed by atoms with Crippen LogP contribution in [-0.2, 0) is 21.2 Å². The fourth-order valence-corrected chi connectivity index (χ4v) is 5.79. The third-order valence-corrected chi connectivity index (χ3v) is 7.77. The normalized spacial score (nSPS) is 24.2. The van der Waals surface area contributed by atoms with Crippen molar-refractivity contribution in [3.05, 3.63) is 66.5 Å². The van der Waals surface area contributed by atoms with Gasteiger partial charge in [-0.15, -0.1) is 0 Å². The fourth-order valence-electron chi connectivity index (χ4n) is 4.24. The molecular formula is C23H27N3O4S. The van der Waals surface area contributed by atoms with E-state index in [1.807, 2.05) is 24.3 Å². The fraction of sp³-hybridized carbons (Fsp3) is 0.391. The molecule has 7 nitrogen and oxygen atoms in total. The smallest absolute Gasteiger partial charge is 0.257 e. The highest BCUT2D eigenvalue weighted by atomic mass is 32.2. The number of benzene rings is 1. The average Bonchev–Trinajstić information content (AvgIpc) is 2.80. The number of nitrogens with one attached hydrogen (secondary N) is 1. The quantitative estimate of drug-likeness (QED) is 0.724. The Balaban J connectivity index is 1.57. The summed E-state index contributed by atoms with van der Waals surface area (Å²) >= 11 is 0. The second-order valence-corrected chi connectivity index (χ2v) is 10.1. The van der Waals surface area contributed by atoms with Crippen LogP contribution in [0.5, 0.6) is 5.75 Å². The lowest BCUT2D eigenvalue weighted by atomic mass is 9.77. The monoisotopic (exact) mass is 441 g/mol. The van der Waals surface area contributed by atoms with Crippen LogP contribution < -0.4 is 10.1 Å². The summed E-state index contributed by atoms with van der Waals surface area (Å²) in [4.78, 5) is 16.6. The number of rotatable bonds is 2. The van der Waals surface area contributed by atoms with Crippen molar-refractivity contribution in [3.8, 4) is 5.75 Å². The van der Waals surface area contributed by atoms with E-state index in [0.29, 0.717) is 38.2 Å². The van der Waals surface area contributed by atoms with Crippen molar-refractivity contribution in [1.29, 1.82) is 0 Å². The molecule has 1 aromatic heterocycles. The number of amides is 1. The van der Waals surface area contributed by atoms with Gasteiger partial charge in [0, 0.05) is 37.4 Å². The summed E-state index contributed by atoms with van der Waals surface area (Å²) in [5.41, 5.74) is 0.656. The number of fused-ring (bicyclic) bond motifs is 1. The Morgan fingerprint density at radius 1 is 1.13 bits per heavy atom. The number of hydrogen-bond acceptors (Lipinski definition) is 5. The number of aromatic nitrogens is 1. The van der Waals surface area contributed by atoms with E-state index in [-0.39, 0.29) is 22.8 Å². The molecule has 0 aliphatic carbocycles. The first-order chi connectivity index (χ1) is 15.0. The molecule has 0 radical (unpaired) electrons. The van der Waals surface area contributed by atoms with Crippen LogP contribution in [0.1, 0.15) is 24.8 Å². The van der Waals surface area contributed by atoms with E-state index in [2.05, 4.69) is 22.5 Å². The molecule has 1 N–H and O–H groups in total. The van der Waals surface area contributed by atoms with Crippen LogP contribution in [0.4, 0.5) is 0 Å². The van der Waals surface area contributed by atoms with Gasteiger partial charge < -0.3 is 10.1 Å². The van der Waals surface area contributed by atoms with Gasteiger partial charge in [-0.2, -0.15) is 4.31 Å². The number of sulfonamides is 1. The molecule has 0 unspecified atom stereocenters. The van der Waals surface area contributed by atoms with Crippen molar-refractivity contribution in [1.82, 2.24) is 14.6 Å². The Morgan fingerprint density at radius 3 is 2.84 bits per heavy atom. The van der Waals surface area contributed by atoms with Crippen molar-refractivity contribution in [3.63, 3.8) is 0 Å². The molecule has 1 fully saturated rings. The number of hydrogen-bond donors (Lipinski definition) is 1. The maximum absolute atomic E-state index is 13.2. The minimum absolute atomic E-state index is 0.0610. The molecule has 8 heteroatoms. The molecule has 164 valence electrons. The summed E-state index contributed by atoms with van der Waals surface area (Å²) in [6.45, 7) is 1.16. The lowest BCUT2D eigenvalue weighted by Gasteiger charge is -2.42. The van der Waals surface area contributed by atoms with Crippen LogP contribution >= 0.6 is 0 Å². The first-order valence-corrected chi connectivity index (χ1v) is 12.0. The molecule has 0 bridgehead atoms. The molecule has 3 heterocycles. The van der Waals surface area contributed by atoms with Gasteiger partial charge in [-0.05, 0) is 49.4 Å². The number of para-hydroxylation sites is 1. The highest BCUT2D eigenvalue weighted by molar-refractivity contribution is 7.89. The standard InChI is InChI=1S/C23H27N3O4S/c27-22-16-30-21-10-2-1-7-19(21)8-3-4-11-23(17-25-22)12-6-14-26(18-23)31(28,29)20-9-5-13-24-15-20/h1-5,7,9-10,13,15H,6,8,11-12,14,16-18H2,(H,25,27)/b4-3+/t23-/m0/s1. The topological polar surface area (TPSA) is 88.6 Å². The highest BCUT2D eigenvalue weighted by Gasteiger charge is 2.39. The van der Waals surface area contributed by atoms with Crippen molar-refractivity contribution in [2.24, 2.45) is 5.41 Å². The summed E-state index contributed by atoms with van der Waals surface area (Å²) in [7, 11) is -3.63. The molecular weight excluding hydrogens is 414 g/mol. The van der Waals surface area contributed by atoms with Crippen LogP contribution in [0, 0.1) is 5.41 Å². The van der Waals surface area contributed by atoms with Gasteiger partial charge in [0.15, 0.2) is 6.61 Å². The SMILES string of the molecule is O=C1COc2ccccc2C/C=C/C[C@]2(CCCN(S(=O)(=O)c3cccnc3)C2)CN1. The first-order valence-electron chi connectivity index (χ1n) is 10.5. The maximum atomic E-state index is 13.2. The van der Waals surface area contributed by atoms with Crippen LogP contribution in [0.25, 0.3) is 0 Å². The van der Waals surface area contributed by atoms with Gasteiger partial charge in [-0.3, -0.25) is 9.78 Å². The Bertz CT molecular complexity index is 1060. The minimum Gasteiger partial charge on any atom is -0.483 e. The lowest BCUT2D eigenvalue weighted by molar-refractivity contribution is -0.123. The van der Waals surface area contributed by atoms with E-state index >= 15 is 0 Å². The Morgan fingerprint density at radius 2 is 2.00 bits per heavy atom. The van der Waals surface area contributed by atoms with E-state index in [9.17, 15) is 13.2 Å². The van der Waals surface area contributed by atoms with Gasteiger partial charge in [-0.1, -0.05) is 30.4 Å². The first kappa shape index (κ1) is 21.5. The average molecular weight is 442 g/mol. The van der Waals surface area contributed by atoms with Gasteiger partial charge in [0.1, 0.15) is 10.6 Å². The Hall–Kier alpha value is -2.71. The molecule has 2 aliphatic rings. The predicted molar refractivity (Wildman–Crippen MR) is 117 cm³/mol. The van der Waals surface area contributed by atoms with Crippen molar-refractivity contribution < 1.29 is 17.9 Å². The molecule has 4 rings (SSSR count). The summed E-state index contributed by atoms with van der Waals surface area (Å²) in [6, 6.07) is 10.9. The molecule has 1 amide bonds. The number of pyridine rings is 1. The maximum Gasteiger partial charge on any atom is 0.257 e. The number of allylic oxidation sites excluding steroid dienone is 2. The Labute approximate surface area is 183 Å². The molecule has 1 atom stereocenters. The Kier molecular flexibility index (Phi) is 6.38. The number of piperidine rings is 1. The molecule has 1 saturated heterocycles. The predicted octanol–water partition coefficient (Wildman–Crippen LogP) is 2.55. The largest absolute Gasteiger partial charge is 0.483 e. The van der Waals surface area contributed by atoms with Crippen LogP contribution in [-0.4, -0.2) is 49.9 Å². The van der Waals surface area contributed by atoms with Crippen LogP contribution in [0.2, 0.25) is 0 Å². The molecule has 1 aromatic carbocycles. The molecule has 0 saturated carbocycles. The zero-order valence-corrected chi connectivity index (χ0v) is 18.2. The zero-order valence-electron chi connectivity index (χ0n) is 17.4. The van der Waals surface area contributed by atoms with E-state index in [1.54, 1.807) is 18.3 Å². The van der Waals surface area contributed by atoms with Crippen LogP contribution in [0.3, 0.4) is 0 Å². The number of nitrogens with zero attached hydrogens (tertiary/aromatic N) is 2. The molecule has 31 heavy (non-hydrogen) atoms.